The minimum atomic E-state index is -2.87. The molecule has 0 fully saturated rings. The van der Waals surface area contributed by atoms with Crippen molar-refractivity contribution in [1.82, 2.24) is 19.7 Å². The van der Waals surface area contributed by atoms with Crippen LogP contribution in [-0.4, -0.2) is 32.5 Å². The van der Waals surface area contributed by atoms with E-state index in [-0.39, 0.29) is 39.2 Å². The van der Waals surface area contributed by atoms with Crippen LogP contribution in [0.3, 0.4) is 0 Å². The lowest BCUT2D eigenvalue weighted by Gasteiger charge is -2.16. The number of hydrogen-bond donors (Lipinski definition) is 2. The molecule has 1 unspecified atom stereocenters. The minimum Gasteiger partial charge on any atom is -0.592 e. The topological polar surface area (TPSA) is 112 Å². The van der Waals surface area contributed by atoms with Gasteiger partial charge in [-0.25, -0.2) is 23.7 Å². The van der Waals surface area contributed by atoms with Crippen molar-refractivity contribution >= 4 is 23.0 Å². The molecule has 3 aromatic rings. The number of carbonyl (C=O) groups is 1. The van der Waals surface area contributed by atoms with Gasteiger partial charge in [0.1, 0.15) is 5.56 Å². The Bertz CT molecular complexity index is 1150. The molecule has 0 radical (unpaired) electrons. The Morgan fingerprint density at radius 1 is 1.22 bits per heavy atom. The summed E-state index contributed by atoms with van der Waals surface area (Å²) in [6.45, 7) is 2.83. The first-order valence-electron chi connectivity index (χ1n) is 9.16. The lowest BCUT2D eigenvalue weighted by molar-refractivity contribution is 0.102. The van der Waals surface area contributed by atoms with Gasteiger partial charge < -0.3 is 14.6 Å². The molecule has 0 spiro atoms. The Morgan fingerprint density at radius 2 is 1.97 bits per heavy atom. The van der Waals surface area contributed by atoms with Crippen LogP contribution in [0.5, 0.6) is 11.6 Å². The summed E-state index contributed by atoms with van der Waals surface area (Å²) in [5, 5.41) is 2.71. The molecule has 3 rings (SSSR count). The molecule has 0 aliphatic heterocycles. The van der Waals surface area contributed by atoms with Crippen molar-refractivity contribution in [3.05, 3.63) is 65.0 Å². The van der Waals surface area contributed by atoms with E-state index in [1.807, 2.05) is 0 Å². The molecule has 3 aromatic heterocycles. The zero-order valence-corrected chi connectivity index (χ0v) is 18.0. The summed E-state index contributed by atoms with van der Waals surface area (Å²) in [5.74, 6) is -1.66. The fourth-order valence-electron chi connectivity index (χ4n) is 2.78. The van der Waals surface area contributed by atoms with E-state index in [4.69, 9.17) is 4.74 Å². The third-order valence-corrected chi connectivity index (χ3v) is 5.36. The number of pyridine rings is 3. The molecule has 2 N–H and O–H groups in total. The Labute approximate surface area is 184 Å². The second-order valence-electron chi connectivity index (χ2n) is 6.45. The third kappa shape index (κ3) is 5.15. The van der Waals surface area contributed by atoms with Crippen LogP contribution in [-0.2, 0) is 11.4 Å². The number of alkyl halides is 2. The molecule has 0 bridgehead atoms. The number of ether oxygens (including phenoxy) is 1. The van der Waals surface area contributed by atoms with Gasteiger partial charge in [0, 0.05) is 36.8 Å². The predicted octanol–water partition coefficient (Wildman–Crippen LogP) is 3.85. The lowest BCUT2D eigenvalue weighted by atomic mass is 10.0. The van der Waals surface area contributed by atoms with Crippen molar-refractivity contribution in [2.24, 2.45) is 0 Å². The number of anilines is 1. The minimum absolute atomic E-state index is 0.0386. The summed E-state index contributed by atoms with van der Waals surface area (Å²) in [7, 11) is 1.48. The molecule has 32 heavy (non-hydrogen) atoms. The van der Waals surface area contributed by atoms with Crippen LogP contribution in [0, 0.1) is 19.8 Å². The fourth-order valence-corrected chi connectivity index (χ4v) is 3.38. The summed E-state index contributed by atoms with van der Waals surface area (Å²) in [6, 6.07) is 5.17. The zero-order valence-electron chi connectivity index (χ0n) is 17.1. The highest BCUT2D eigenvalue weighted by molar-refractivity contribution is 7.89. The van der Waals surface area contributed by atoms with E-state index in [0.717, 1.165) is 12.3 Å². The molecule has 8 nitrogen and oxygen atoms in total. The highest BCUT2D eigenvalue weighted by Crippen LogP contribution is 2.33. The van der Waals surface area contributed by atoms with Crippen LogP contribution in [0.2, 0.25) is 0 Å². The van der Waals surface area contributed by atoms with Gasteiger partial charge in [0.15, 0.2) is 5.75 Å². The van der Waals surface area contributed by atoms with Gasteiger partial charge in [-0.15, -0.1) is 4.72 Å². The molecule has 3 heterocycles. The van der Waals surface area contributed by atoms with Crippen molar-refractivity contribution in [2.75, 3.05) is 12.4 Å². The van der Waals surface area contributed by atoms with Gasteiger partial charge in [-0.05, 0) is 37.6 Å². The van der Waals surface area contributed by atoms with Gasteiger partial charge in [-0.1, -0.05) is 0 Å². The van der Waals surface area contributed by atoms with Crippen molar-refractivity contribution in [3.63, 3.8) is 0 Å². The largest absolute Gasteiger partial charge is 0.592 e. The molecule has 0 aromatic carbocycles. The average Bonchev–Trinajstić information content (AvgIpc) is 2.75. The zero-order chi connectivity index (χ0) is 23.4. The van der Waals surface area contributed by atoms with Gasteiger partial charge in [-0.3, -0.25) is 4.79 Å². The van der Waals surface area contributed by atoms with Gasteiger partial charge in [-0.2, -0.15) is 4.39 Å². The Hall–Kier alpha value is -3.22. The maximum Gasteiger partial charge on any atom is 0.267 e. The number of carbonyl (C=O) groups excluding carboxylic acids is 1. The molecular formula is C20H18F3N5O3S. The van der Waals surface area contributed by atoms with E-state index in [1.165, 1.54) is 45.3 Å². The van der Waals surface area contributed by atoms with Crippen LogP contribution in [0.15, 0.2) is 41.7 Å². The molecule has 1 amide bonds. The Balaban J connectivity index is 2.01. The van der Waals surface area contributed by atoms with Crippen molar-refractivity contribution in [2.45, 2.75) is 25.3 Å². The highest BCUT2D eigenvalue weighted by Gasteiger charge is 2.25. The highest BCUT2D eigenvalue weighted by atomic mass is 32.2. The standard InChI is InChI=1S/C20H18F3N5O3S/c1-10-13(18(22)23)9-26-20(31-14-4-5-15(21)27-11(14)2)17(10)19(29)28-12-6-7-25-16(8-12)32(30)24-3/h4-9,18,24H,1-3H3,(H,25,28,29). The third-order valence-electron chi connectivity index (χ3n) is 4.38. The maximum atomic E-state index is 13.4. The number of nitrogens with zero attached hydrogens (tertiary/aromatic N) is 3. The number of rotatable bonds is 7. The molecule has 1 atom stereocenters. The number of amides is 1. The van der Waals surface area contributed by atoms with Gasteiger partial charge >= 0.3 is 0 Å². The van der Waals surface area contributed by atoms with Gasteiger partial charge in [0.05, 0.1) is 17.1 Å². The normalized spacial score (nSPS) is 12.0. The second-order valence-corrected chi connectivity index (χ2v) is 7.81. The SMILES string of the molecule is CN[S+]([O-])c1cc(NC(=O)c2c(Oc3ccc(F)nc3C)ncc(C(F)F)c2C)ccn1. The van der Waals surface area contributed by atoms with Crippen molar-refractivity contribution in [1.29, 1.82) is 0 Å². The molecule has 12 heteroatoms. The van der Waals surface area contributed by atoms with E-state index in [2.05, 4.69) is 25.0 Å². The quantitative estimate of drug-likeness (QED) is 0.403. The first kappa shape index (κ1) is 23.4. The summed E-state index contributed by atoms with van der Waals surface area (Å²) in [6.07, 6.45) is -0.618. The van der Waals surface area contributed by atoms with Gasteiger partial charge in [0.2, 0.25) is 11.8 Å². The fraction of sp³-hybridized carbons (Fsp3) is 0.200. The predicted molar refractivity (Wildman–Crippen MR) is 111 cm³/mol. The van der Waals surface area contributed by atoms with E-state index in [0.29, 0.717) is 0 Å². The molecule has 0 aliphatic rings. The number of nitrogens with one attached hydrogen (secondary N) is 2. The van der Waals surface area contributed by atoms with Crippen molar-refractivity contribution in [3.8, 4) is 11.6 Å². The second kappa shape index (κ2) is 9.94. The van der Waals surface area contributed by atoms with Crippen LogP contribution in [0.4, 0.5) is 18.9 Å². The van der Waals surface area contributed by atoms with Gasteiger partial charge in [0.25, 0.3) is 17.4 Å². The van der Waals surface area contributed by atoms with E-state index in [9.17, 15) is 22.5 Å². The molecular weight excluding hydrogens is 447 g/mol. The van der Waals surface area contributed by atoms with Crippen LogP contribution >= 0.6 is 0 Å². The van der Waals surface area contributed by atoms with Crippen molar-refractivity contribution < 1.29 is 27.3 Å². The Kier molecular flexibility index (Phi) is 7.28. The number of aryl methyl sites for hydroxylation is 1. The average molecular weight is 465 g/mol. The molecule has 0 saturated carbocycles. The van der Waals surface area contributed by atoms with Crippen LogP contribution < -0.4 is 14.8 Å². The van der Waals surface area contributed by atoms with E-state index >= 15 is 0 Å². The first-order valence-corrected chi connectivity index (χ1v) is 10.3. The summed E-state index contributed by atoms with van der Waals surface area (Å²) in [5.41, 5.74) is -0.302. The van der Waals surface area contributed by atoms with E-state index < -0.39 is 35.2 Å². The first-order chi connectivity index (χ1) is 15.2. The summed E-state index contributed by atoms with van der Waals surface area (Å²) < 4.78 is 60.2. The van der Waals surface area contributed by atoms with E-state index in [1.54, 1.807) is 0 Å². The summed E-state index contributed by atoms with van der Waals surface area (Å²) in [4.78, 5) is 24.5. The number of halogens is 3. The lowest BCUT2D eigenvalue weighted by Crippen LogP contribution is -2.21. The summed E-state index contributed by atoms with van der Waals surface area (Å²) >= 11 is -1.60. The van der Waals surface area contributed by atoms with Crippen LogP contribution in [0.1, 0.15) is 33.6 Å². The molecule has 168 valence electrons. The number of aromatic nitrogens is 3. The molecule has 0 saturated heterocycles. The molecule has 0 aliphatic carbocycles. The Morgan fingerprint density at radius 3 is 2.62 bits per heavy atom. The maximum absolute atomic E-state index is 13.4. The monoisotopic (exact) mass is 465 g/mol. The van der Waals surface area contributed by atoms with Crippen LogP contribution in [0.25, 0.3) is 0 Å². The number of hydrogen-bond acceptors (Lipinski definition) is 7. The smallest absolute Gasteiger partial charge is 0.267 e.